The largest absolute Gasteiger partial charge is 0.312 e. The van der Waals surface area contributed by atoms with Crippen molar-refractivity contribution in [2.45, 2.75) is 31.8 Å². The average Bonchev–Trinajstić information content (AvgIpc) is 3.11. The molecule has 9 nitrogen and oxygen atoms in total. The zero-order valence-corrected chi connectivity index (χ0v) is 16.4. The van der Waals surface area contributed by atoms with Gasteiger partial charge >= 0.3 is 5.69 Å². The van der Waals surface area contributed by atoms with Crippen LogP contribution >= 0.6 is 23.4 Å². The molecule has 0 fully saturated rings. The van der Waals surface area contributed by atoms with E-state index in [1.807, 2.05) is 12.1 Å². The molecule has 0 bridgehead atoms. The second-order valence-corrected chi connectivity index (χ2v) is 7.04. The van der Waals surface area contributed by atoms with Crippen LogP contribution in [0.1, 0.15) is 22.8 Å². The number of aromatic nitrogens is 5. The highest BCUT2D eigenvalue weighted by Crippen LogP contribution is 2.25. The summed E-state index contributed by atoms with van der Waals surface area (Å²) >= 11 is 7.22. The van der Waals surface area contributed by atoms with E-state index in [9.17, 15) is 10.1 Å². The van der Waals surface area contributed by atoms with Crippen molar-refractivity contribution in [3.63, 3.8) is 0 Å². The van der Waals surface area contributed by atoms with Crippen molar-refractivity contribution >= 4 is 35.3 Å². The summed E-state index contributed by atoms with van der Waals surface area (Å²) in [7, 11) is 0. The summed E-state index contributed by atoms with van der Waals surface area (Å²) in [5, 5.41) is 29.2. The molecule has 0 radical (unpaired) electrons. The molecule has 27 heavy (non-hydrogen) atoms. The smallest absolute Gasteiger partial charge is 0.258 e. The topological polar surface area (TPSA) is 104 Å². The molecule has 3 rings (SSSR count). The number of nitrogens with zero attached hydrogens (tertiary/aromatic N) is 7. The van der Waals surface area contributed by atoms with Gasteiger partial charge in [0.25, 0.3) is 0 Å². The molecular weight excluding hydrogens is 390 g/mol. The third kappa shape index (κ3) is 4.17. The molecule has 0 aliphatic rings. The summed E-state index contributed by atoms with van der Waals surface area (Å²) in [4.78, 5) is 10.7. The van der Waals surface area contributed by atoms with Crippen LogP contribution in [0.25, 0.3) is 0 Å². The third-order valence-corrected chi connectivity index (χ3v) is 4.94. The van der Waals surface area contributed by atoms with Gasteiger partial charge in [-0.2, -0.15) is 14.9 Å². The molecule has 0 N–H and O–H groups in total. The minimum absolute atomic E-state index is 0.0361. The standard InChI is InChI=1S/C16H16ClN7O2S/c1-10-15(24(25)26)11(2)22(21-10)9-27-16-20-19-12(3)23(16)18-8-13-4-6-14(17)7-5-13/h4-8H,9H2,1-3H3/b18-8+. The van der Waals surface area contributed by atoms with Crippen LogP contribution in [-0.4, -0.2) is 35.8 Å². The quantitative estimate of drug-likeness (QED) is 0.268. The molecule has 11 heteroatoms. The van der Waals surface area contributed by atoms with E-state index in [0.29, 0.717) is 33.3 Å². The predicted octanol–water partition coefficient (Wildman–Crippen LogP) is 3.59. The van der Waals surface area contributed by atoms with E-state index in [1.54, 1.807) is 48.5 Å². The van der Waals surface area contributed by atoms with Gasteiger partial charge in [0.15, 0.2) is 5.82 Å². The first kappa shape index (κ1) is 19.1. The molecule has 140 valence electrons. The van der Waals surface area contributed by atoms with Gasteiger partial charge in [0.2, 0.25) is 5.16 Å². The lowest BCUT2D eigenvalue weighted by atomic mass is 10.2. The van der Waals surface area contributed by atoms with Gasteiger partial charge < -0.3 is 0 Å². The van der Waals surface area contributed by atoms with E-state index in [2.05, 4.69) is 20.4 Å². The molecule has 0 spiro atoms. The van der Waals surface area contributed by atoms with Gasteiger partial charge in [-0.1, -0.05) is 35.5 Å². The number of benzene rings is 1. The van der Waals surface area contributed by atoms with Crippen LogP contribution in [0, 0.1) is 30.9 Å². The first-order chi connectivity index (χ1) is 12.9. The van der Waals surface area contributed by atoms with Gasteiger partial charge in [-0.05, 0) is 38.5 Å². The average molecular weight is 406 g/mol. The molecular formula is C16H16ClN7O2S. The summed E-state index contributed by atoms with van der Waals surface area (Å²) in [5.74, 6) is 0.983. The minimum Gasteiger partial charge on any atom is -0.258 e. The molecule has 3 aromatic rings. The Balaban J connectivity index is 1.78. The Hall–Kier alpha value is -2.72. The molecule has 2 aromatic heterocycles. The number of hydrogen-bond donors (Lipinski definition) is 0. The van der Waals surface area contributed by atoms with Gasteiger partial charge in [-0.25, -0.2) is 0 Å². The highest BCUT2D eigenvalue weighted by Gasteiger charge is 2.22. The molecule has 0 unspecified atom stereocenters. The summed E-state index contributed by atoms with van der Waals surface area (Å²) in [6.45, 7) is 5.09. The van der Waals surface area contributed by atoms with E-state index < -0.39 is 4.92 Å². The second-order valence-electron chi connectivity index (χ2n) is 5.69. The zero-order valence-electron chi connectivity index (χ0n) is 14.8. The molecule has 2 heterocycles. The number of halogens is 1. The van der Waals surface area contributed by atoms with Crippen molar-refractivity contribution in [1.82, 2.24) is 24.7 Å². The second kappa shape index (κ2) is 7.89. The summed E-state index contributed by atoms with van der Waals surface area (Å²) in [6, 6.07) is 7.28. The highest BCUT2D eigenvalue weighted by atomic mass is 35.5. The number of nitro groups is 1. The molecule has 0 aliphatic heterocycles. The van der Waals surface area contributed by atoms with Crippen LogP contribution in [-0.2, 0) is 5.88 Å². The van der Waals surface area contributed by atoms with Crippen molar-refractivity contribution in [3.05, 3.63) is 62.2 Å². The lowest BCUT2D eigenvalue weighted by molar-refractivity contribution is -0.386. The molecule has 1 aromatic carbocycles. The first-order valence-corrected chi connectivity index (χ1v) is 9.26. The fraction of sp³-hybridized carbons (Fsp3) is 0.250. The molecule has 0 aliphatic carbocycles. The van der Waals surface area contributed by atoms with E-state index in [0.717, 1.165) is 5.56 Å². The van der Waals surface area contributed by atoms with Gasteiger partial charge in [-0.15, -0.1) is 10.2 Å². The van der Waals surface area contributed by atoms with Gasteiger partial charge in [-0.3, -0.25) is 14.8 Å². The Labute approximate surface area is 164 Å². The maximum absolute atomic E-state index is 11.1. The monoisotopic (exact) mass is 405 g/mol. The van der Waals surface area contributed by atoms with Crippen molar-refractivity contribution in [2.24, 2.45) is 5.10 Å². The van der Waals surface area contributed by atoms with E-state index in [4.69, 9.17) is 11.6 Å². The number of hydrogen-bond acceptors (Lipinski definition) is 7. The van der Waals surface area contributed by atoms with Crippen LogP contribution in [0.3, 0.4) is 0 Å². The van der Waals surface area contributed by atoms with Crippen molar-refractivity contribution in [1.29, 1.82) is 0 Å². The van der Waals surface area contributed by atoms with Crippen LogP contribution in [0.2, 0.25) is 5.02 Å². The Morgan fingerprint density at radius 3 is 2.59 bits per heavy atom. The van der Waals surface area contributed by atoms with E-state index in [-0.39, 0.29) is 5.69 Å². The normalized spacial score (nSPS) is 11.4. The fourth-order valence-corrected chi connectivity index (χ4v) is 3.45. The van der Waals surface area contributed by atoms with Crippen LogP contribution in [0.4, 0.5) is 5.69 Å². The van der Waals surface area contributed by atoms with E-state index >= 15 is 0 Å². The van der Waals surface area contributed by atoms with Gasteiger partial charge in [0.1, 0.15) is 11.4 Å². The minimum atomic E-state index is -0.415. The lowest BCUT2D eigenvalue weighted by Crippen LogP contribution is -2.02. The Kier molecular flexibility index (Phi) is 5.57. The first-order valence-electron chi connectivity index (χ1n) is 7.90. The SMILES string of the molecule is Cc1nn(CSc2nnc(C)n2/N=C/c2ccc(Cl)cc2)c(C)c1[N+](=O)[O-]. The Bertz CT molecular complexity index is 1010. The van der Waals surface area contributed by atoms with Crippen molar-refractivity contribution in [3.8, 4) is 0 Å². The maximum Gasteiger partial charge on any atom is 0.312 e. The molecule has 0 saturated heterocycles. The highest BCUT2D eigenvalue weighted by molar-refractivity contribution is 7.98. The number of aryl methyl sites for hydroxylation is 2. The summed E-state index contributed by atoms with van der Waals surface area (Å²) < 4.78 is 3.19. The zero-order chi connectivity index (χ0) is 19.6. The number of rotatable bonds is 6. The van der Waals surface area contributed by atoms with Gasteiger partial charge in [0.05, 0.1) is 17.0 Å². The summed E-state index contributed by atoms with van der Waals surface area (Å²) in [5.41, 5.74) is 1.81. The van der Waals surface area contributed by atoms with Crippen LogP contribution < -0.4 is 0 Å². The molecule has 0 amide bonds. The van der Waals surface area contributed by atoms with Crippen molar-refractivity contribution in [2.75, 3.05) is 0 Å². The maximum atomic E-state index is 11.1. The van der Waals surface area contributed by atoms with Crippen LogP contribution in [0.15, 0.2) is 34.5 Å². The summed E-state index contributed by atoms with van der Waals surface area (Å²) in [6.07, 6.45) is 1.69. The Morgan fingerprint density at radius 2 is 1.96 bits per heavy atom. The van der Waals surface area contributed by atoms with Gasteiger partial charge in [0, 0.05) is 5.02 Å². The third-order valence-electron chi connectivity index (χ3n) is 3.80. The molecule has 0 atom stereocenters. The lowest BCUT2D eigenvalue weighted by Gasteiger charge is -2.04. The van der Waals surface area contributed by atoms with E-state index in [1.165, 1.54) is 11.8 Å². The Morgan fingerprint density at radius 1 is 1.26 bits per heavy atom. The molecule has 0 saturated carbocycles. The van der Waals surface area contributed by atoms with Crippen LogP contribution in [0.5, 0.6) is 0 Å². The fourth-order valence-electron chi connectivity index (χ4n) is 2.43. The van der Waals surface area contributed by atoms with Crippen molar-refractivity contribution < 1.29 is 4.92 Å². The number of thioether (sulfide) groups is 1. The predicted molar refractivity (Wildman–Crippen MR) is 103 cm³/mol.